The second-order valence-corrected chi connectivity index (χ2v) is 13.7. The molecule has 1 unspecified atom stereocenters. The summed E-state index contributed by atoms with van der Waals surface area (Å²) in [6, 6.07) is 10.9. The predicted molar refractivity (Wildman–Crippen MR) is 176 cm³/mol. The molecule has 0 saturated heterocycles. The molecule has 15 heteroatoms. The summed E-state index contributed by atoms with van der Waals surface area (Å²) in [7, 11) is 1.64. The third kappa shape index (κ3) is 7.01. The maximum atomic E-state index is 14.5. The Morgan fingerprint density at radius 2 is 1.80 bits per heavy atom. The molecular weight excluding hydrogens is 674 g/mol. The predicted octanol–water partition coefficient (Wildman–Crippen LogP) is 7.88. The van der Waals surface area contributed by atoms with Crippen LogP contribution in [0.15, 0.2) is 48.8 Å². The van der Waals surface area contributed by atoms with Crippen molar-refractivity contribution < 1.29 is 31.1 Å². The van der Waals surface area contributed by atoms with Gasteiger partial charge in [0.1, 0.15) is 18.0 Å². The number of hydrogen-bond donors (Lipinski definition) is 2. The number of amides is 1. The molecule has 266 valence electrons. The number of halogens is 6. The summed E-state index contributed by atoms with van der Waals surface area (Å²) in [6.07, 6.45) is -1.94. The van der Waals surface area contributed by atoms with Crippen LogP contribution in [0.25, 0.3) is 22.5 Å². The Morgan fingerprint density at radius 3 is 2.47 bits per heavy atom. The summed E-state index contributed by atoms with van der Waals surface area (Å²) in [5, 5.41) is 23.4. The largest absolute Gasteiger partial charge is 0.416 e. The molecule has 0 radical (unpaired) electrons. The first-order chi connectivity index (χ1) is 24.2. The number of rotatable bonds is 10. The number of nitriles is 1. The molecule has 4 aromatic rings. The van der Waals surface area contributed by atoms with Crippen molar-refractivity contribution >= 4 is 17.5 Å². The summed E-state index contributed by atoms with van der Waals surface area (Å²) in [5.41, 5.74) is -0.798. The van der Waals surface area contributed by atoms with Crippen LogP contribution >= 0.6 is 0 Å². The van der Waals surface area contributed by atoms with Gasteiger partial charge in [0.25, 0.3) is 5.91 Å². The van der Waals surface area contributed by atoms with Crippen LogP contribution in [0.4, 0.5) is 38.0 Å². The van der Waals surface area contributed by atoms with Crippen LogP contribution in [0.5, 0.6) is 0 Å². The van der Waals surface area contributed by atoms with Crippen LogP contribution < -0.4 is 15.5 Å². The van der Waals surface area contributed by atoms with Gasteiger partial charge in [-0.2, -0.15) is 31.6 Å². The normalized spacial score (nSPS) is 18.0. The van der Waals surface area contributed by atoms with E-state index in [-0.39, 0.29) is 65.3 Å². The first kappa shape index (κ1) is 34.5. The summed E-state index contributed by atoms with van der Waals surface area (Å²) in [5.74, 6) is -0.318. The number of carbonyl (C=O) groups is 1. The summed E-state index contributed by atoms with van der Waals surface area (Å²) < 4.78 is 87.1. The van der Waals surface area contributed by atoms with Crippen molar-refractivity contribution in [2.45, 2.75) is 76.4 Å². The van der Waals surface area contributed by atoms with Gasteiger partial charge in [0.2, 0.25) is 0 Å². The first-order valence-corrected chi connectivity index (χ1v) is 16.7. The van der Waals surface area contributed by atoms with E-state index in [2.05, 4.69) is 25.8 Å². The van der Waals surface area contributed by atoms with Crippen LogP contribution in [0.3, 0.4) is 0 Å². The minimum absolute atomic E-state index is 0.0497. The molecule has 2 saturated carbocycles. The molecule has 2 aromatic heterocycles. The highest BCUT2D eigenvalue weighted by Gasteiger charge is 2.48. The fourth-order valence-corrected chi connectivity index (χ4v) is 7.25. The highest BCUT2D eigenvalue weighted by Crippen LogP contribution is 2.57. The van der Waals surface area contributed by atoms with Crippen molar-refractivity contribution in [3.8, 4) is 28.6 Å². The number of hydrogen-bond acceptors (Lipinski definition) is 7. The number of aryl methyl sites for hydroxylation is 1. The summed E-state index contributed by atoms with van der Waals surface area (Å²) in [6.45, 7) is 0.00718. The SMILES string of the molecule is Cn1cnnc1-c1ccc(C(F)(F)F)cc1-c1cc(NCCCC#N)nc(N2Cc3c(cc(CNC4CCC5(CC5)C4)cc3C(F)(F)F)C2=O)c1. The van der Waals surface area contributed by atoms with Crippen LogP contribution in [0.2, 0.25) is 0 Å². The zero-order chi connectivity index (χ0) is 36.1. The van der Waals surface area contributed by atoms with E-state index in [0.29, 0.717) is 23.0 Å². The fraction of sp³-hybridized carbons (Fsp3) is 0.417. The van der Waals surface area contributed by atoms with E-state index in [1.54, 1.807) is 7.05 Å². The topological polar surface area (TPSA) is 112 Å². The van der Waals surface area contributed by atoms with Gasteiger partial charge in [0, 0.05) is 43.7 Å². The molecule has 2 aromatic carbocycles. The monoisotopic (exact) mass is 708 g/mol. The average Bonchev–Trinajstić information content (AvgIpc) is 3.34. The van der Waals surface area contributed by atoms with Crippen molar-refractivity contribution in [2.75, 3.05) is 16.8 Å². The molecule has 2 aliphatic carbocycles. The Kier molecular flexibility index (Phi) is 8.77. The Labute approximate surface area is 289 Å². The van der Waals surface area contributed by atoms with Gasteiger partial charge in [-0.25, -0.2) is 4.98 Å². The molecule has 2 N–H and O–H groups in total. The second kappa shape index (κ2) is 13.0. The number of unbranched alkanes of at least 4 members (excludes halogenated alkanes) is 1. The number of carbonyl (C=O) groups excluding carboxylic acids is 1. The Bertz CT molecular complexity index is 2030. The molecule has 0 bridgehead atoms. The van der Waals surface area contributed by atoms with Crippen LogP contribution in [0.1, 0.15) is 77.6 Å². The molecule has 1 spiro atoms. The number of nitrogens with zero attached hydrogens (tertiary/aromatic N) is 6. The lowest BCUT2D eigenvalue weighted by Crippen LogP contribution is -2.26. The second-order valence-electron chi connectivity index (χ2n) is 13.7. The highest BCUT2D eigenvalue weighted by atomic mass is 19.4. The standard InChI is InChI=1S/C36H34F6N8O/c1-49-20-46-48-32(49)25-5-4-23(35(37,38)39)16-26(25)22-14-30(44-11-3-2-10-43)47-31(15-22)50-19-28-27(33(50)51)12-21(13-29(28)36(40,41)42)18-45-24-6-7-34(17-24)8-9-34/h4-5,12-16,20,24,45H,2-3,6-9,11,17-19H2,1H3,(H,44,47). The molecule has 2 fully saturated rings. The van der Waals surface area contributed by atoms with Crippen molar-refractivity contribution in [1.82, 2.24) is 25.1 Å². The average molecular weight is 709 g/mol. The summed E-state index contributed by atoms with van der Waals surface area (Å²) >= 11 is 0. The number of pyridine rings is 1. The van der Waals surface area contributed by atoms with E-state index >= 15 is 0 Å². The lowest BCUT2D eigenvalue weighted by Gasteiger charge is -2.20. The van der Waals surface area contributed by atoms with E-state index in [9.17, 15) is 31.1 Å². The van der Waals surface area contributed by atoms with E-state index < -0.39 is 35.9 Å². The number of nitrogens with one attached hydrogen (secondary N) is 2. The van der Waals surface area contributed by atoms with Crippen LogP contribution in [-0.2, 0) is 32.5 Å². The number of aromatic nitrogens is 4. The van der Waals surface area contributed by atoms with Gasteiger partial charge in [-0.15, -0.1) is 10.2 Å². The minimum Gasteiger partial charge on any atom is -0.370 e. The van der Waals surface area contributed by atoms with Gasteiger partial charge >= 0.3 is 12.4 Å². The quantitative estimate of drug-likeness (QED) is 0.127. The van der Waals surface area contributed by atoms with Crippen molar-refractivity contribution in [3.63, 3.8) is 0 Å². The number of fused-ring (bicyclic) bond motifs is 1. The van der Waals surface area contributed by atoms with Crippen molar-refractivity contribution in [1.29, 1.82) is 5.26 Å². The van der Waals surface area contributed by atoms with Gasteiger partial charge in [0.15, 0.2) is 5.82 Å². The van der Waals surface area contributed by atoms with Crippen LogP contribution in [0, 0.1) is 16.7 Å². The zero-order valence-electron chi connectivity index (χ0n) is 27.6. The lowest BCUT2D eigenvalue weighted by atomic mass is 9.96. The van der Waals surface area contributed by atoms with Gasteiger partial charge in [0.05, 0.1) is 23.7 Å². The van der Waals surface area contributed by atoms with Crippen molar-refractivity contribution in [3.05, 3.63) is 76.6 Å². The maximum absolute atomic E-state index is 14.5. The number of alkyl halides is 6. The van der Waals surface area contributed by atoms with E-state index in [4.69, 9.17) is 5.26 Å². The third-order valence-electron chi connectivity index (χ3n) is 10.1. The Morgan fingerprint density at radius 1 is 1.00 bits per heavy atom. The molecule has 9 nitrogen and oxygen atoms in total. The minimum atomic E-state index is -4.74. The molecule has 7 rings (SSSR count). The Hall–Kier alpha value is -4.97. The van der Waals surface area contributed by atoms with Gasteiger partial charge in [-0.1, -0.05) is 0 Å². The van der Waals surface area contributed by atoms with Gasteiger partial charge in [-0.3, -0.25) is 9.69 Å². The molecule has 1 amide bonds. The maximum Gasteiger partial charge on any atom is 0.416 e. The molecule has 3 aliphatic rings. The van der Waals surface area contributed by atoms with Gasteiger partial charge < -0.3 is 15.2 Å². The number of anilines is 2. The summed E-state index contributed by atoms with van der Waals surface area (Å²) in [4.78, 5) is 19.6. The lowest BCUT2D eigenvalue weighted by molar-refractivity contribution is -0.138. The molecule has 3 heterocycles. The smallest absolute Gasteiger partial charge is 0.370 e. The fourth-order valence-electron chi connectivity index (χ4n) is 7.25. The molecule has 51 heavy (non-hydrogen) atoms. The zero-order valence-corrected chi connectivity index (χ0v) is 27.6. The van der Waals surface area contributed by atoms with E-state index in [1.165, 1.54) is 48.0 Å². The first-order valence-electron chi connectivity index (χ1n) is 16.7. The molecular formula is C36H34F6N8O. The van der Waals surface area contributed by atoms with E-state index in [1.807, 2.05) is 6.07 Å². The van der Waals surface area contributed by atoms with Gasteiger partial charge in [-0.05, 0) is 109 Å². The number of benzene rings is 2. The Balaban J connectivity index is 1.28. The third-order valence-corrected chi connectivity index (χ3v) is 10.1. The highest BCUT2D eigenvalue weighted by molar-refractivity contribution is 6.10. The molecule has 1 atom stereocenters. The van der Waals surface area contributed by atoms with E-state index in [0.717, 1.165) is 42.4 Å². The van der Waals surface area contributed by atoms with Crippen molar-refractivity contribution in [2.24, 2.45) is 12.5 Å². The van der Waals surface area contributed by atoms with Crippen LogP contribution in [-0.4, -0.2) is 38.2 Å². The molecule has 1 aliphatic heterocycles.